The highest BCUT2D eigenvalue weighted by Crippen LogP contribution is 2.16. The van der Waals surface area contributed by atoms with Gasteiger partial charge in [0.25, 0.3) is 5.91 Å². The summed E-state index contributed by atoms with van der Waals surface area (Å²) in [6.07, 6.45) is 3.24. The van der Waals surface area contributed by atoms with E-state index in [-0.39, 0.29) is 11.8 Å². The Balaban J connectivity index is 1.59. The van der Waals surface area contributed by atoms with Gasteiger partial charge in [-0.1, -0.05) is 12.1 Å². The summed E-state index contributed by atoms with van der Waals surface area (Å²) in [7, 11) is 0. The minimum absolute atomic E-state index is 0.170. The smallest absolute Gasteiger partial charge is 0.257 e. The Hall–Kier alpha value is -3.74. The van der Waals surface area contributed by atoms with Crippen molar-refractivity contribution in [3.8, 4) is 0 Å². The third-order valence-electron chi connectivity index (χ3n) is 3.64. The lowest BCUT2D eigenvalue weighted by Gasteiger charge is -2.09. The van der Waals surface area contributed by atoms with E-state index in [2.05, 4.69) is 25.9 Å². The number of aromatic nitrogens is 2. The molecule has 0 aliphatic carbocycles. The van der Waals surface area contributed by atoms with Crippen molar-refractivity contribution >= 4 is 29.0 Å². The Bertz CT molecular complexity index is 927. The van der Waals surface area contributed by atoms with Gasteiger partial charge in [0.05, 0.1) is 17.8 Å². The third kappa shape index (κ3) is 5.37. The van der Waals surface area contributed by atoms with E-state index in [1.165, 1.54) is 13.1 Å². The monoisotopic (exact) mass is 361 g/mol. The maximum atomic E-state index is 12.4. The molecule has 0 saturated carbocycles. The van der Waals surface area contributed by atoms with Gasteiger partial charge in [-0.05, 0) is 42.5 Å². The second kappa shape index (κ2) is 8.57. The van der Waals surface area contributed by atoms with Gasteiger partial charge >= 0.3 is 0 Å². The van der Waals surface area contributed by atoms with Crippen LogP contribution >= 0.6 is 0 Å². The highest BCUT2D eigenvalue weighted by Gasteiger charge is 2.08. The van der Waals surface area contributed by atoms with E-state index in [4.69, 9.17) is 0 Å². The van der Waals surface area contributed by atoms with Gasteiger partial charge in [-0.25, -0.2) is 4.98 Å². The standard InChI is InChI=1S/C20H19N5O2/c1-14(26)24-16-6-4-7-17(11-16)25-20(27)15-8-9-19(22-12-15)23-13-18-5-2-3-10-21-18/h2-12H,13H2,1H3,(H,22,23)(H,24,26)(H,25,27). The fraction of sp³-hybridized carbons (Fsp3) is 0.100. The molecule has 3 rings (SSSR count). The Labute approximate surface area is 156 Å². The summed E-state index contributed by atoms with van der Waals surface area (Å²) in [4.78, 5) is 32.0. The molecule has 0 atom stereocenters. The van der Waals surface area contributed by atoms with Crippen LogP contribution in [0.2, 0.25) is 0 Å². The minimum Gasteiger partial charge on any atom is -0.364 e. The van der Waals surface area contributed by atoms with Gasteiger partial charge in [-0.2, -0.15) is 0 Å². The van der Waals surface area contributed by atoms with E-state index in [1.54, 1.807) is 42.6 Å². The van der Waals surface area contributed by atoms with Crippen LogP contribution in [0.15, 0.2) is 67.0 Å². The number of hydrogen-bond acceptors (Lipinski definition) is 5. The molecule has 2 amide bonds. The molecule has 3 aromatic rings. The van der Waals surface area contributed by atoms with Crippen molar-refractivity contribution in [2.75, 3.05) is 16.0 Å². The van der Waals surface area contributed by atoms with Crippen molar-refractivity contribution in [1.82, 2.24) is 9.97 Å². The molecule has 0 fully saturated rings. The van der Waals surface area contributed by atoms with Crippen LogP contribution < -0.4 is 16.0 Å². The van der Waals surface area contributed by atoms with Crippen molar-refractivity contribution in [2.24, 2.45) is 0 Å². The normalized spacial score (nSPS) is 10.1. The first kappa shape index (κ1) is 18.1. The molecule has 2 heterocycles. The van der Waals surface area contributed by atoms with E-state index in [1.807, 2.05) is 18.2 Å². The molecule has 7 heteroatoms. The average Bonchev–Trinajstić information content (AvgIpc) is 2.67. The third-order valence-corrected chi connectivity index (χ3v) is 3.64. The average molecular weight is 361 g/mol. The fourth-order valence-electron chi connectivity index (χ4n) is 2.40. The molecule has 0 radical (unpaired) electrons. The van der Waals surface area contributed by atoms with Gasteiger partial charge in [0.1, 0.15) is 5.82 Å². The Morgan fingerprint density at radius 3 is 2.41 bits per heavy atom. The first-order valence-electron chi connectivity index (χ1n) is 8.39. The van der Waals surface area contributed by atoms with Gasteiger partial charge in [0.2, 0.25) is 5.91 Å². The van der Waals surface area contributed by atoms with Crippen LogP contribution in [0.1, 0.15) is 23.0 Å². The Kier molecular flexibility index (Phi) is 5.73. The zero-order chi connectivity index (χ0) is 19.1. The van der Waals surface area contributed by atoms with E-state index in [0.717, 1.165) is 5.69 Å². The van der Waals surface area contributed by atoms with Crippen molar-refractivity contribution in [3.63, 3.8) is 0 Å². The number of carbonyl (C=O) groups excluding carboxylic acids is 2. The molecule has 0 saturated heterocycles. The van der Waals surface area contributed by atoms with Crippen LogP contribution in [0, 0.1) is 0 Å². The number of amides is 2. The van der Waals surface area contributed by atoms with E-state index in [0.29, 0.717) is 29.3 Å². The largest absolute Gasteiger partial charge is 0.364 e. The molecule has 136 valence electrons. The molecule has 0 aliphatic heterocycles. The zero-order valence-electron chi connectivity index (χ0n) is 14.8. The van der Waals surface area contributed by atoms with Crippen molar-refractivity contribution in [3.05, 3.63) is 78.2 Å². The number of nitrogens with one attached hydrogen (secondary N) is 3. The summed E-state index contributed by atoms with van der Waals surface area (Å²) in [5.41, 5.74) is 2.54. The van der Waals surface area contributed by atoms with Crippen LogP contribution in [0.25, 0.3) is 0 Å². The predicted molar refractivity (Wildman–Crippen MR) is 104 cm³/mol. The van der Waals surface area contributed by atoms with Crippen molar-refractivity contribution in [1.29, 1.82) is 0 Å². The summed E-state index contributed by atoms with van der Waals surface area (Å²) in [5.74, 6) is 0.208. The number of rotatable bonds is 6. The molecule has 7 nitrogen and oxygen atoms in total. The quantitative estimate of drug-likeness (QED) is 0.626. The second-order valence-corrected chi connectivity index (χ2v) is 5.82. The SMILES string of the molecule is CC(=O)Nc1cccc(NC(=O)c2ccc(NCc3ccccn3)nc2)c1. The summed E-state index contributed by atoms with van der Waals surface area (Å²) in [6, 6.07) is 16.1. The topological polar surface area (TPSA) is 96.0 Å². The van der Waals surface area contributed by atoms with E-state index < -0.39 is 0 Å². The van der Waals surface area contributed by atoms with Gasteiger partial charge in [-0.15, -0.1) is 0 Å². The maximum Gasteiger partial charge on any atom is 0.257 e. The fourth-order valence-corrected chi connectivity index (χ4v) is 2.40. The number of pyridine rings is 2. The van der Waals surface area contributed by atoms with Crippen molar-refractivity contribution in [2.45, 2.75) is 13.5 Å². The van der Waals surface area contributed by atoms with Crippen LogP contribution in [0.5, 0.6) is 0 Å². The van der Waals surface area contributed by atoms with Crippen LogP contribution in [0.4, 0.5) is 17.2 Å². The van der Waals surface area contributed by atoms with Crippen molar-refractivity contribution < 1.29 is 9.59 Å². The van der Waals surface area contributed by atoms with Crippen LogP contribution in [-0.4, -0.2) is 21.8 Å². The number of hydrogen-bond donors (Lipinski definition) is 3. The predicted octanol–water partition coefficient (Wildman–Crippen LogP) is 3.30. The molecule has 27 heavy (non-hydrogen) atoms. The molecule has 0 aliphatic rings. The zero-order valence-corrected chi connectivity index (χ0v) is 14.8. The van der Waals surface area contributed by atoms with E-state index in [9.17, 15) is 9.59 Å². The molecule has 0 bridgehead atoms. The molecule has 2 aromatic heterocycles. The maximum absolute atomic E-state index is 12.4. The lowest BCUT2D eigenvalue weighted by molar-refractivity contribution is -0.114. The molecule has 1 aromatic carbocycles. The molecular weight excluding hydrogens is 342 g/mol. The highest BCUT2D eigenvalue weighted by atomic mass is 16.2. The Morgan fingerprint density at radius 2 is 1.74 bits per heavy atom. The van der Waals surface area contributed by atoms with Gasteiger partial charge in [0.15, 0.2) is 0 Å². The summed E-state index contributed by atoms with van der Waals surface area (Å²) in [5, 5.41) is 8.62. The van der Waals surface area contributed by atoms with E-state index >= 15 is 0 Å². The van der Waals surface area contributed by atoms with Crippen LogP contribution in [-0.2, 0) is 11.3 Å². The molecule has 3 N–H and O–H groups in total. The minimum atomic E-state index is -0.279. The summed E-state index contributed by atoms with van der Waals surface area (Å²) in [6.45, 7) is 1.98. The van der Waals surface area contributed by atoms with Gasteiger partial charge in [0, 0.05) is 30.7 Å². The number of benzene rings is 1. The van der Waals surface area contributed by atoms with Gasteiger partial charge in [-0.3, -0.25) is 14.6 Å². The lowest BCUT2D eigenvalue weighted by atomic mass is 10.2. The number of carbonyl (C=O) groups is 2. The van der Waals surface area contributed by atoms with Crippen LogP contribution in [0.3, 0.4) is 0 Å². The lowest BCUT2D eigenvalue weighted by Crippen LogP contribution is -2.13. The van der Waals surface area contributed by atoms with Gasteiger partial charge < -0.3 is 16.0 Å². The first-order chi connectivity index (χ1) is 13.1. The second-order valence-electron chi connectivity index (χ2n) is 5.82. The summed E-state index contributed by atoms with van der Waals surface area (Å²) >= 11 is 0. The highest BCUT2D eigenvalue weighted by molar-refractivity contribution is 6.04. The molecular formula is C20H19N5O2. The number of nitrogens with zero attached hydrogens (tertiary/aromatic N) is 2. The first-order valence-corrected chi connectivity index (χ1v) is 8.39. The molecule has 0 spiro atoms. The summed E-state index contributed by atoms with van der Waals surface area (Å²) < 4.78 is 0. The number of anilines is 3. The Morgan fingerprint density at radius 1 is 0.926 bits per heavy atom. The molecule has 0 unspecified atom stereocenters.